The van der Waals surface area contributed by atoms with Crippen molar-refractivity contribution in [3.05, 3.63) is 35.4 Å². The lowest BCUT2D eigenvalue weighted by Gasteiger charge is -2.19. The molecule has 0 spiro atoms. The Morgan fingerprint density at radius 3 is 2.33 bits per heavy atom. The van der Waals surface area contributed by atoms with E-state index in [4.69, 9.17) is 16.7 Å². The van der Waals surface area contributed by atoms with E-state index in [1.807, 2.05) is 11.9 Å². The third-order valence-electron chi connectivity index (χ3n) is 2.94. The molecule has 0 radical (unpaired) electrons. The lowest BCUT2D eigenvalue weighted by Crippen LogP contribution is -2.25. The number of benzene rings is 1. The van der Waals surface area contributed by atoms with Gasteiger partial charge >= 0.3 is 0 Å². The van der Waals surface area contributed by atoms with Crippen molar-refractivity contribution in [2.24, 2.45) is 5.92 Å². The lowest BCUT2D eigenvalue weighted by atomic mass is 10.0. The predicted octanol–water partition coefficient (Wildman–Crippen LogP) is 3.09. The van der Waals surface area contributed by atoms with Crippen molar-refractivity contribution < 1.29 is 5.11 Å². The van der Waals surface area contributed by atoms with Crippen LogP contribution in [-0.4, -0.2) is 36.8 Å². The number of aliphatic hydroxyl groups excluding tert-OH is 1. The van der Waals surface area contributed by atoms with Crippen molar-refractivity contribution in [2.45, 2.75) is 25.6 Å². The van der Waals surface area contributed by atoms with Crippen LogP contribution in [0.4, 0.5) is 0 Å². The average Bonchev–Trinajstić information content (AvgIpc) is 2.29. The minimum absolute atomic E-state index is 0.0188. The minimum Gasteiger partial charge on any atom is -0.395 e. The maximum Gasteiger partial charge on any atom is 0.0712 e. The Morgan fingerprint density at radius 1 is 1.22 bits per heavy atom. The van der Waals surface area contributed by atoms with Crippen LogP contribution in [0.2, 0.25) is 0 Å². The Balaban J connectivity index is 2.55. The number of nitrogens with zero attached hydrogens (tertiary/aromatic N) is 1. The van der Waals surface area contributed by atoms with Gasteiger partial charge in [0.25, 0.3) is 0 Å². The maximum absolute atomic E-state index is 8.86. The summed E-state index contributed by atoms with van der Waals surface area (Å²) in [4.78, 5) is 2.04. The third-order valence-corrected chi connectivity index (χ3v) is 3.33. The van der Waals surface area contributed by atoms with Crippen molar-refractivity contribution >= 4 is 11.6 Å². The van der Waals surface area contributed by atoms with Gasteiger partial charge in [0.15, 0.2) is 0 Å². The highest BCUT2D eigenvalue weighted by atomic mass is 35.5. The van der Waals surface area contributed by atoms with Gasteiger partial charge in [-0.3, -0.25) is 0 Å². The van der Waals surface area contributed by atoms with Crippen LogP contribution in [0.1, 0.15) is 30.4 Å². The largest absolute Gasteiger partial charge is 0.395 e. The molecule has 2 nitrogen and oxygen atoms in total. The Bertz CT molecular complexity index is 337. The summed E-state index contributed by atoms with van der Waals surface area (Å²) in [6, 6.07) is 8.55. The summed E-state index contributed by atoms with van der Waals surface area (Å²) >= 11 is 6.37. The molecule has 0 amide bonds. The van der Waals surface area contributed by atoms with Crippen LogP contribution in [0.3, 0.4) is 0 Å². The molecule has 0 bridgehead atoms. The fourth-order valence-corrected chi connectivity index (χ4v) is 2.36. The van der Waals surface area contributed by atoms with Crippen LogP contribution in [0.25, 0.3) is 0 Å². The van der Waals surface area contributed by atoms with Gasteiger partial charge in [0, 0.05) is 13.1 Å². The molecule has 1 aromatic rings. The van der Waals surface area contributed by atoms with Gasteiger partial charge in [-0.25, -0.2) is 0 Å². The van der Waals surface area contributed by atoms with E-state index in [0.717, 1.165) is 18.5 Å². The van der Waals surface area contributed by atoms with Crippen molar-refractivity contribution in [1.29, 1.82) is 0 Å². The first-order chi connectivity index (χ1) is 8.52. The number of rotatable bonds is 7. The van der Waals surface area contributed by atoms with E-state index >= 15 is 0 Å². The molecule has 0 fully saturated rings. The van der Waals surface area contributed by atoms with E-state index < -0.39 is 0 Å². The van der Waals surface area contributed by atoms with Gasteiger partial charge in [-0.15, -0.1) is 11.6 Å². The first kappa shape index (κ1) is 15.5. The van der Waals surface area contributed by atoms with Gasteiger partial charge in [-0.05, 0) is 30.5 Å². The topological polar surface area (TPSA) is 23.5 Å². The highest BCUT2D eigenvalue weighted by Crippen LogP contribution is 2.22. The number of hydrogen-bond acceptors (Lipinski definition) is 2. The molecule has 0 heterocycles. The Hall–Kier alpha value is -0.570. The minimum atomic E-state index is -0.0188. The SMILES string of the molecule is CC(C)Cc1ccc(C(Cl)CN(C)CCO)cc1. The van der Waals surface area contributed by atoms with E-state index in [0.29, 0.717) is 12.5 Å². The molecule has 3 heteroatoms. The van der Waals surface area contributed by atoms with Crippen LogP contribution >= 0.6 is 11.6 Å². The molecule has 1 aromatic carbocycles. The molecule has 1 unspecified atom stereocenters. The zero-order valence-corrected chi connectivity index (χ0v) is 12.3. The Labute approximate surface area is 116 Å². The molecule has 0 aliphatic heterocycles. The van der Waals surface area contributed by atoms with Gasteiger partial charge < -0.3 is 10.0 Å². The number of alkyl halides is 1. The zero-order valence-electron chi connectivity index (χ0n) is 11.6. The maximum atomic E-state index is 8.86. The quantitative estimate of drug-likeness (QED) is 0.769. The zero-order chi connectivity index (χ0) is 13.5. The summed E-state index contributed by atoms with van der Waals surface area (Å²) in [5.74, 6) is 0.679. The number of likely N-dealkylation sites (N-methyl/N-ethyl adjacent to an activating group) is 1. The molecule has 1 atom stereocenters. The summed E-state index contributed by atoms with van der Waals surface area (Å²) < 4.78 is 0. The smallest absolute Gasteiger partial charge is 0.0712 e. The summed E-state index contributed by atoms with van der Waals surface area (Å²) in [7, 11) is 1.97. The molecule has 102 valence electrons. The first-order valence-electron chi connectivity index (χ1n) is 6.55. The van der Waals surface area contributed by atoms with Crippen molar-refractivity contribution in [3.8, 4) is 0 Å². The fraction of sp³-hybridized carbons (Fsp3) is 0.600. The molecule has 0 saturated carbocycles. The van der Waals surface area contributed by atoms with Gasteiger partial charge in [-0.1, -0.05) is 38.1 Å². The molecule has 0 saturated heterocycles. The average molecular weight is 270 g/mol. The monoisotopic (exact) mass is 269 g/mol. The Kier molecular flexibility index (Phi) is 6.69. The predicted molar refractivity (Wildman–Crippen MR) is 78.2 cm³/mol. The van der Waals surface area contributed by atoms with Crippen LogP contribution < -0.4 is 0 Å². The van der Waals surface area contributed by atoms with E-state index in [-0.39, 0.29) is 12.0 Å². The fourth-order valence-electron chi connectivity index (χ4n) is 1.97. The van der Waals surface area contributed by atoms with E-state index in [1.165, 1.54) is 5.56 Å². The van der Waals surface area contributed by atoms with Gasteiger partial charge in [0.1, 0.15) is 0 Å². The molecular formula is C15H24ClNO. The standard InChI is InChI=1S/C15H24ClNO/c1-12(2)10-13-4-6-14(7-5-13)15(16)11-17(3)8-9-18/h4-7,12,15,18H,8-11H2,1-3H3. The van der Waals surface area contributed by atoms with Crippen LogP contribution in [-0.2, 0) is 6.42 Å². The van der Waals surface area contributed by atoms with Gasteiger partial charge in [-0.2, -0.15) is 0 Å². The van der Waals surface area contributed by atoms with Gasteiger partial charge in [0.2, 0.25) is 0 Å². The molecule has 0 aliphatic carbocycles. The molecule has 18 heavy (non-hydrogen) atoms. The number of halogens is 1. The molecule has 1 rings (SSSR count). The van der Waals surface area contributed by atoms with E-state index in [1.54, 1.807) is 0 Å². The highest BCUT2D eigenvalue weighted by molar-refractivity contribution is 6.21. The summed E-state index contributed by atoms with van der Waals surface area (Å²) in [5.41, 5.74) is 2.51. The summed E-state index contributed by atoms with van der Waals surface area (Å²) in [5, 5.41) is 8.84. The second-order valence-electron chi connectivity index (χ2n) is 5.29. The lowest BCUT2D eigenvalue weighted by molar-refractivity contribution is 0.221. The molecular weight excluding hydrogens is 246 g/mol. The first-order valence-corrected chi connectivity index (χ1v) is 6.99. The van der Waals surface area contributed by atoms with Crippen LogP contribution in [0.15, 0.2) is 24.3 Å². The second-order valence-corrected chi connectivity index (χ2v) is 5.82. The van der Waals surface area contributed by atoms with E-state index in [9.17, 15) is 0 Å². The molecule has 0 aliphatic rings. The summed E-state index contributed by atoms with van der Waals surface area (Å²) in [6.07, 6.45) is 1.11. The normalized spacial score (nSPS) is 13.3. The Morgan fingerprint density at radius 2 is 1.83 bits per heavy atom. The van der Waals surface area contributed by atoms with Crippen molar-refractivity contribution in [3.63, 3.8) is 0 Å². The van der Waals surface area contributed by atoms with E-state index in [2.05, 4.69) is 38.1 Å². The second kappa shape index (κ2) is 7.78. The summed E-state index contributed by atoms with van der Waals surface area (Å²) in [6.45, 7) is 6.04. The van der Waals surface area contributed by atoms with Crippen molar-refractivity contribution in [2.75, 3.05) is 26.7 Å². The molecule has 0 aromatic heterocycles. The van der Waals surface area contributed by atoms with Gasteiger partial charge in [0.05, 0.1) is 12.0 Å². The number of hydrogen-bond donors (Lipinski definition) is 1. The number of aliphatic hydroxyl groups is 1. The van der Waals surface area contributed by atoms with Crippen LogP contribution in [0, 0.1) is 5.92 Å². The third kappa shape index (κ3) is 5.38. The highest BCUT2D eigenvalue weighted by Gasteiger charge is 2.10. The molecule has 1 N–H and O–H groups in total. The van der Waals surface area contributed by atoms with Crippen LogP contribution in [0.5, 0.6) is 0 Å². The van der Waals surface area contributed by atoms with Crippen molar-refractivity contribution in [1.82, 2.24) is 4.90 Å².